The molecular weight excluding hydrogens is 1080 g/mol. The number of aliphatic carboxylic acids is 1. The molecule has 0 spiro atoms. The second kappa shape index (κ2) is 31.9. The average molecular weight is 1160 g/mol. The van der Waals surface area contributed by atoms with E-state index < -0.39 is 65.0 Å². The number of nitrogens with one attached hydrogen (secondary N) is 2. The first-order valence-corrected chi connectivity index (χ1v) is 26.8. The Labute approximate surface area is 490 Å². The third-order valence-corrected chi connectivity index (χ3v) is 14.0. The van der Waals surface area contributed by atoms with Crippen molar-refractivity contribution in [1.82, 2.24) is 25.3 Å². The molecule has 2 aliphatic rings. The smallest absolute Gasteiger partial charge is 0.409 e. The van der Waals surface area contributed by atoms with Gasteiger partial charge in [-0.1, -0.05) is 135 Å². The summed E-state index contributed by atoms with van der Waals surface area (Å²) in [4.78, 5) is 100.0. The summed E-state index contributed by atoms with van der Waals surface area (Å²) in [5.74, 6) is -2.62. The minimum absolute atomic E-state index is 0.0355. The number of carboxylic acids is 1. The van der Waals surface area contributed by atoms with Crippen LogP contribution in [0.4, 0.5) is 24.0 Å². The zero-order valence-corrected chi connectivity index (χ0v) is 49.0. The van der Waals surface area contributed by atoms with Crippen LogP contribution in [0.1, 0.15) is 74.1 Å². The first-order chi connectivity index (χ1) is 39.9. The molecule has 3 atom stereocenters. The number of hydrogen-bond acceptors (Lipinski definition) is 16. The zero-order valence-electron chi connectivity index (χ0n) is 49.0. The highest BCUT2D eigenvalue weighted by molar-refractivity contribution is 5.86. The third kappa shape index (κ3) is 18.4. The van der Waals surface area contributed by atoms with Gasteiger partial charge < -0.3 is 69.3 Å². The molecule has 5 N–H and O–H groups in total. The molecule has 22 nitrogen and oxygen atoms in total. The van der Waals surface area contributed by atoms with Crippen molar-refractivity contribution in [3.05, 3.63) is 157 Å². The summed E-state index contributed by atoms with van der Waals surface area (Å²) in [6.07, 6.45) is 1.50. The van der Waals surface area contributed by atoms with E-state index in [1.165, 1.54) is 75.1 Å². The fourth-order valence-corrected chi connectivity index (χ4v) is 8.90. The van der Waals surface area contributed by atoms with Crippen molar-refractivity contribution in [2.75, 3.05) is 88.0 Å². The van der Waals surface area contributed by atoms with Gasteiger partial charge in [0.2, 0.25) is 0 Å². The largest absolute Gasteiger partial charge is 0.480 e. The van der Waals surface area contributed by atoms with E-state index in [9.17, 15) is 43.5 Å². The lowest BCUT2D eigenvalue weighted by atomic mass is 9.97. The number of benzene rings is 4. The summed E-state index contributed by atoms with van der Waals surface area (Å²) < 4.78 is 35.2. The van der Waals surface area contributed by atoms with Crippen molar-refractivity contribution in [3.8, 4) is 22.3 Å². The Hall–Kier alpha value is -9.18. The normalized spacial score (nSPS) is 13.6. The summed E-state index contributed by atoms with van der Waals surface area (Å²) in [6.45, 7) is 15.8. The Bertz CT molecular complexity index is 2890. The monoisotopic (exact) mass is 1160 g/mol. The number of fused-ring (bicyclic) bond motifs is 6. The van der Waals surface area contributed by atoms with Gasteiger partial charge in [0.25, 0.3) is 0 Å². The highest BCUT2D eigenvalue weighted by atomic mass is 16.6. The molecule has 0 aliphatic heterocycles. The number of alkyl carbamates (subject to hydrolysis) is 2. The van der Waals surface area contributed by atoms with Gasteiger partial charge in [0, 0.05) is 52.6 Å². The number of methoxy groups -OCH3 is 2. The lowest BCUT2D eigenvalue weighted by molar-refractivity contribution is -0.148. The van der Waals surface area contributed by atoms with E-state index in [4.69, 9.17) is 34.2 Å². The summed E-state index contributed by atoms with van der Waals surface area (Å²) in [6, 6.07) is 31.9. The molecule has 5 amide bonds. The van der Waals surface area contributed by atoms with Gasteiger partial charge in [-0.15, -0.1) is 0 Å². The number of nitrogens with zero attached hydrogens (tertiary/aromatic N) is 3. The minimum Gasteiger partial charge on any atom is -0.480 e. The topological polar surface area (TPSA) is 281 Å². The standard InChI is InChI=1S/C26H30N2O6.C25H28N2O6.C11H20N2O4/c1-5-16-33-25(31)28(3)15-14-26(2,23(29)32-4)27-24(30)34-17-22-20-12-8-6-10-18(20)19-11-7-9-13-21(19)22;1-4-15-32-24(31)27(3)14-13-25(2,22(28)29)26-23(30)33-16-21-19-11-7-5-9-17(19)18-10-6-8-12-20(18)21;1-5-8-17-10(15)13(3)7-6-11(2,12)9(14)16-4/h5-13,22H,1,14-17H2,2-4H3,(H,27,30);4-12,21H,1,13-16H2,2-3H3,(H,26,30)(H,28,29);5H,1,6-8,12H2,2-4H3/t26-;25-;11-/m000/s1. The molecule has 4 aromatic rings. The Morgan fingerprint density at radius 2 is 0.798 bits per heavy atom. The lowest BCUT2D eigenvalue weighted by Gasteiger charge is -2.29. The van der Waals surface area contributed by atoms with E-state index in [-0.39, 0.29) is 70.8 Å². The van der Waals surface area contributed by atoms with E-state index in [2.05, 4.69) is 47.2 Å². The maximum absolute atomic E-state index is 12.7. The number of carbonyl (C=O) groups excluding carboxylic acids is 7. The first kappa shape index (κ1) is 67.3. The molecule has 0 saturated carbocycles. The lowest BCUT2D eigenvalue weighted by Crippen LogP contribution is -2.54. The zero-order chi connectivity index (χ0) is 62.2. The number of carbonyl (C=O) groups is 8. The van der Waals surface area contributed by atoms with Gasteiger partial charge in [-0.25, -0.2) is 33.6 Å². The number of nitrogens with two attached hydrogens (primary N) is 1. The van der Waals surface area contributed by atoms with E-state index in [0.29, 0.717) is 13.0 Å². The maximum atomic E-state index is 12.7. The van der Waals surface area contributed by atoms with Gasteiger partial charge in [0.1, 0.15) is 49.7 Å². The molecule has 2 aliphatic carbocycles. The number of ether oxygens (including phenoxy) is 7. The van der Waals surface area contributed by atoms with Crippen LogP contribution in [0.5, 0.6) is 0 Å². The molecule has 22 heteroatoms. The molecule has 0 fully saturated rings. The molecule has 0 aromatic heterocycles. The van der Waals surface area contributed by atoms with Crippen molar-refractivity contribution in [2.24, 2.45) is 5.73 Å². The van der Waals surface area contributed by atoms with Crippen molar-refractivity contribution >= 4 is 48.4 Å². The number of esters is 2. The highest BCUT2D eigenvalue weighted by Gasteiger charge is 2.39. The summed E-state index contributed by atoms with van der Waals surface area (Å²) >= 11 is 0. The highest BCUT2D eigenvalue weighted by Crippen LogP contribution is 2.46. The molecule has 0 unspecified atom stereocenters. The molecule has 452 valence electrons. The van der Waals surface area contributed by atoms with Crippen LogP contribution in [0.3, 0.4) is 0 Å². The molecular formula is C62H78N6O16. The van der Waals surface area contributed by atoms with Gasteiger partial charge in [-0.05, 0) is 84.5 Å². The van der Waals surface area contributed by atoms with Crippen LogP contribution in [0.2, 0.25) is 0 Å². The van der Waals surface area contributed by atoms with Gasteiger partial charge >= 0.3 is 48.4 Å². The quantitative estimate of drug-likeness (QED) is 0.0290. The third-order valence-electron chi connectivity index (χ3n) is 14.0. The van der Waals surface area contributed by atoms with Crippen LogP contribution in [-0.4, -0.2) is 173 Å². The molecule has 0 bridgehead atoms. The molecule has 0 saturated heterocycles. The number of carboxylic acid groups (broad SMARTS) is 1. The van der Waals surface area contributed by atoms with Crippen LogP contribution in [0, 0.1) is 0 Å². The van der Waals surface area contributed by atoms with Crippen LogP contribution in [0.15, 0.2) is 135 Å². The van der Waals surface area contributed by atoms with Crippen LogP contribution >= 0.6 is 0 Å². The van der Waals surface area contributed by atoms with Gasteiger partial charge in [-0.3, -0.25) is 4.79 Å². The predicted octanol–water partition coefficient (Wildman–Crippen LogP) is 8.64. The van der Waals surface area contributed by atoms with Gasteiger partial charge in [0.05, 0.1) is 14.2 Å². The molecule has 0 radical (unpaired) electrons. The Morgan fingerprint density at radius 1 is 0.500 bits per heavy atom. The van der Waals surface area contributed by atoms with Crippen molar-refractivity contribution in [3.63, 3.8) is 0 Å². The van der Waals surface area contributed by atoms with Crippen LogP contribution in [0.25, 0.3) is 22.3 Å². The second-order valence-corrected chi connectivity index (χ2v) is 20.4. The Morgan fingerprint density at radius 3 is 1.11 bits per heavy atom. The predicted molar refractivity (Wildman–Crippen MR) is 314 cm³/mol. The number of rotatable bonds is 24. The first-order valence-electron chi connectivity index (χ1n) is 26.8. The molecule has 84 heavy (non-hydrogen) atoms. The fourth-order valence-electron chi connectivity index (χ4n) is 8.90. The molecule has 6 rings (SSSR count). The van der Waals surface area contributed by atoms with Crippen LogP contribution in [-0.2, 0) is 47.5 Å². The molecule has 4 aromatic carbocycles. The van der Waals surface area contributed by atoms with E-state index in [1.807, 2.05) is 84.9 Å². The van der Waals surface area contributed by atoms with Gasteiger partial charge in [-0.2, -0.15) is 0 Å². The SMILES string of the molecule is C=CCOC(=O)N(C)CC[C@](C)(N)C(=O)OC.C=CCOC(=O)N(C)CC[C@](C)(NC(=O)OCC1c2ccccc2-c2ccccc21)C(=O)O.C=CCOC(=O)N(C)CC[C@](C)(NC(=O)OCC1c2ccccc2-c2ccccc21)C(=O)OC. The van der Waals surface area contributed by atoms with Gasteiger partial charge in [0.15, 0.2) is 0 Å². The number of hydrogen-bond donors (Lipinski definition) is 4. The average Bonchev–Trinajstić information content (AvgIpc) is 2.28. The van der Waals surface area contributed by atoms with E-state index >= 15 is 0 Å². The van der Waals surface area contributed by atoms with Crippen molar-refractivity contribution in [1.29, 1.82) is 0 Å². The summed E-state index contributed by atoms with van der Waals surface area (Å²) in [7, 11) is 7.10. The maximum Gasteiger partial charge on any atom is 0.409 e. The minimum atomic E-state index is -1.63. The Kier molecular flexibility index (Phi) is 25.5. The molecule has 0 heterocycles. The van der Waals surface area contributed by atoms with E-state index in [1.54, 1.807) is 14.0 Å². The summed E-state index contributed by atoms with van der Waals surface area (Å²) in [5.41, 5.74) is 10.4. The number of amides is 5. The second-order valence-electron chi connectivity index (χ2n) is 20.4. The Balaban J connectivity index is 0.000000286. The van der Waals surface area contributed by atoms with Crippen molar-refractivity contribution < 1.29 is 76.6 Å². The fraction of sp³-hybridized carbons (Fsp3) is 0.387. The summed E-state index contributed by atoms with van der Waals surface area (Å²) in [5, 5.41) is 14.8. The van der Waals surface area contributed by atoms with Crippen molar-refractivity contribution in [2.45, 2.75) is 68.5 Å². The van der Waals surface area contributed by atoms with E-state index in [0.717, 1.165) is 44.5 Å². The van der Waals surface area contributed by atoms with Crippen LogP contribution < -0.4 is 16.4 Å².